The third-order valence-corrected chi connectivity index (χ3v) is 3.49. The van der Waals surface area contributed by atoms with Crippen LogP contribution < -0.4 is 0 Å². The van der Waals surface area contributed by atoms with Gasteiger partial charge in [-0.25, -0.2) is 0 Å². The third-order valence-electron chi connectivity index (χ3n) is 2.58. The lowest BCUT2D eigenvalue weighted by atomic mass is 10.0. The van der Waals surface area contributed by atoms with Gasteiger partial charge in [-0.2, -0.15) is 0 Å². The predicted octanol–water partition coefficient (Wildman–Crippen LogP) is 5.07. The van der Waals surface area contributed by atoms with Crippen molar-refractivity contribution in [1.29, 1.82) is 0 Å². The van der Waals surface area contributed by atoms with Crippen molar-refractivity contribution in [2.45, 2.75) is 19.3 Å². The van der Waals surface area contributed by atoms with E-state index in [1.807, 2.05) is 12.1 Å². The maximum Gasteiger partial charge on any atom is 0.00627 e. The van der Waals surface area contributed by atoms with Crippen LogP contribution in [0.2, 0.25) is 0 Å². The number of hydrogen-bond acceptors (Lipinski definition) is 0. The first-order valence-corrected chi connectivity index (χ1v) is 6.87. The van der Waals surface area contributed by atoms with Gasteiger partial charge in [-0.05, 0) is 30.7 Å². The summed E-state index contributed by atoms with van der Waals surface area (Å²) in [4.78, 5) is 0. The number of benzene rings is 1. The van der Waals surface area contributed by atoms with Gasteiger partial charge in [0, 0.05) is 5.33 Å². The summed E-state index contributed by atoms with van der Waals surface area (Å²) in [6.07, 6.45) is 9.92. The van der Waals surface area contributed by atoms with Crippen LogP contribution in [0.25, 0.3) is 6.08 Å². The Kier molecular flexibility index (Phi) is 6.91. The molecule has 0 fully saturated rings. The third kappa shape index (κ3) is 5.32. The second kappa shape index (κ2) is 8.35. The van der Waals surface area contributed by atoms with Crippen molar-refractivity contribution in [3.63, 3.8) is 0 Å². The molecule has 0 amide bonds. The summed E-state index contributed by atoms with van der Waals surface area (Å²) in [5, 5.41) is 1.07. The van der Waals surface area contributed by atoms with E-state index in [1.54, 1.807) is 0 Å². The van der Waals surface area contributed by atoms with Gasteiger partial charge in [0.1, 0.15) is 0 Å². The van der Waals surface area contributed by atoms with Gasteiger partial charge in [0.2, 0.25) is 0 Å². The maximum atomic E-state index is 3.76. The molecular formula is C15H19Br. The summed E-state index contributed by atoms with van der Waals surface area (Å²) in [5.41, 5.74) is 1.28. The molecule has 1 unspecified atom stereocenters. The second-order valence-electron chi connectivity index (χ2n) is 3.94. The molecule has 0 saturated carbocycles. The minimum atomic E-state index is 0.720. The Balaban J connectivity index is 2.37. The quantitative estimate of drug-likeness (QED) is 0.483. The van der Waals surface area contributed by atoms with Crippen molar-refractivity contribution in [2.75, 3.05) is 5.33 Å². The summed E-state index contributed by atoms with van der Waals surface area (Å²) in [6.45, 7) is 3.76. The highest BCUT2D eigenvalue weighted by Gasteiger charge is 2.02. The maximum absolute atomic E-state index is 3.76. The molecule has 1 rings (SSSR count). The molecule has 0 saturated heterocycles. The highest BCUT2D eigenvalue weighted by molar-refractivity contribution is 9.09. The Hall–Kier alpha value is -0.820. The summed E-state index contributed by atoms with van der Waals surface area (Å²) >= 11 is 3.56. The van der Waals surface area contributed by atoms with Crippen LogP contribution in [0.4, 0.5) is 0 Å². The molecule has 1 aromatic carbocycles. The summed E-state index contributed by atoms with van der Waals surface area (Å²) in [5.74, 6) is 0.720. The van der Waals surface area contributed by atoms with E-state index < -0.39 is 0 Å². The summed E-state index contributed by atoms with van der Waals surface area (Å²) < 4.78 is 0. The zero-order valence-electron chi connectivity index (χ0n) is 9.61. The second-order valence-corrected chi connectivity index (χ2v) is 4.58. The lowest BCUT2D eigenvalue weighted by molar-refractivity contribution is 0.560. The zero-order chi connectivity index (χ0) is 11.6. The van der Waals surface area contributed by atoms with Crippen LogP contribution in [-0.2, 0) is 0 Å². The van der Waals surface area contributed by atoms with E-state index in [4.69, 9.17) is 0 Å². The van der Waals surface area contributed by atoms with E-state index in [9.17, 15) is 0 Å². The molecule has 0 aliphatic heterocycles. The minimum Gasteiger partial charge on any atom is -0.103 e. The van der Waals surface area contributed by atoms with Crippen LogP contribution in [0.15, 0.2) is 49.1 Å². The summed E-state index contributed by atoms with van der Waals surface area (Å²) in [7, 11) is 0. The Bertz CT molecular complexity index is 313. The van der Waals surface area contributed by atoms with Crippen molar-refractivity contribution >= 4 is 22.0 Å². The summed E-state index contributed by atoms with van der Waals surface area (Å²) in [6, 6.07) is 10.4. The Morgan fingerprint density at radius 1 is 1.25 bits per heavy atom. The van der Waals surface area contributed by atoms with Crippen molar-refractivity contribution in [1.82, 2.24) is 0 Å². The largest absolute Gasteiger partial charge is 0.103 e. The van der Waals surface area contributed by atoms with E-state index >= 15 is 0 Å². The fourth-order valence-electron chi connectivity index (χ4n) is 1.57. The SMILES string of the molecule is C=CCCC(CBr)C/C=C/c1ccccc1. The molecular weight excluding hydrogens is 260 g/mol. The predicted molar refractivity (Wildman–Crippen MR) is 76.8 cm³/mol. The van der Waals surface area contributed by atoms with Gasteiger partial charge in [0.15, 0.2) is 0 Å². The van der Waals surface area contributed by atoms with Crippen molar-refractivity contribution in [3.8, 4) is 0 Å². The molecule has 0 spiro atoms. The Morgan fingerprint density at radius 2 is 2.00 bits per heavy atom. The molecule has 0 N–H and O–H groups in total. The molecule has 1 atom stereocenters. The van der Waals surface area contributed by atoms with Crippen LogP contribution >= 0.6 is 15.9 Å². The number of hydrogen-bond donors (Lipinski definition) is 0. The Labute approximate surface area is 107 Å². The van der Waals surface area contributed by atoms with Gasteiger partial charge in [-0.1, -0.05) is 64.5 Å². The fraction of sp³-hybridized carbons (Fsp3) is 0.333. The van der Waals surface area contributed by atoms with E-state index in [0.29, 0.717) is 0 Å². The molecule has 0 aromatic heterocycles. The number of alkyl halides is 1. The zero-order valence-corrected chi connectivity index (χ0v) is 11.2. The monoisotopic (exact) mass is 278 g/mol. The highest BCUT2D eigenvalue weighted by Crippen LogP contribution is 2.16. The van der Waals surface area contributed by atoms with E-state index in [0.717, 1.165) is 24.1 Å². The number of allylic oxidation sites excluding steroid dienone is 2. The normalized spacial score (nSPS) is 12.8. The van der Waals surface area contributed by atoms with Crippen molar-refractivity contribution < 1.29 is 0 Å². The lowest BCUT2D eigenvalue weighted by Gasteiger charge is -2.09. The molecule has 1 heteroatoms. The highest BCUT2D eigenvalue weighted by atomic mass is 79.9. The molecule has 0 bridgehead atoms. The molecule has 0 heterocycles. The fourth-order valence-corrected chi connectivity index (χ4v) is 2.16. The van der Waals surface area contributed by atoms with Gasteiger partial charge in [0.05, 0.1) is 0 Å². The van der Waals surface area contributed by atoms with Gasteiger partial charge in [0.25, 0.3) is 0 Å². The first-order chi connectivity index (χ1) is 7.86. The lowest BCUT2D eigenvalue weighted by Crippen LogP contribution is -1.99. The molecule has 86 valence electrons. The standard InChI is InChI=1S/C15H19Br/c1-2-3-8-15(13-16)12-7-11-14-9-5-4-6-10-14/h2,4-7,9-11,15H,1,3,8,12-13H2/b11-7+. The average Bonchev–Trinajstić information content (AvgIpc) is 2.35. The Morgan fingerprint density at radius 3 is 2.62 bits per heavy atom. The van der Waals surface area contributed by atoms with Gasteiger partial charge in [-0.3, -0.25) is 0 Å². The van der Waals surface area contributed by atoms with Gasteiger partial charge in [-0.15, -0.1) is 6.58 Å². The molecule has 0 nitrogen and oxygen atoms in total. The first-order valence-electron chi connectivity index (χ1n) is 5.75. The molecule has 0 aliphatic carbocycles. The van der Waals surface area contributed by atoms with Crippen LogP contribution in [0.3, 0.4) is 0 Å². The van der Waals surface area contributed by atoms with E-state index in [-0.39, 0.29) is 0 Å². The van der Waals surface area contributed by atoms with Crippen LogP contribution in [0.5, 0.6) is 0 Å². The number of rotatable bonds is 7. The van der Waals surface area contributed by atoms with Crippen molar-refractivity contribution in [3.05, 3.63) is 54.6 Å². The molecule has 16 heavy (non-hydrogen) atoms. The molecule has 1 aromatic rings. The van der Waals surface area contributed by atoms with E-state index in [2.05, 4.69) is 58.9 Å². The van der Waals surface area contributed by atoms with Crippen LogP contribution in [0.1, 0.15) is 24.8 Å². The van der Waals surface area contributed by atoms with E-state index in [1.165, 1.54) is 12.0 Å². The average molecular weight is 279 g/mol. The topological polar surface area (TPSA) is 0 Å². The number of halogens is 1. The smallest absolute Gasteiger partial charge is 0.00627 e. The van der Waals surface area contributed by atoms with Crippen LogP contribution in [-0.4, -0.2) is 5.33 Å². The van der Waals surface area contributed by atoms with Crippen LogP contribution in [0, 0.1) is 5.92 Å². The first kappa shape index (κ1) is 13.2. The van der Waals surface area contributed by atoms with Crippen molar-refractivity contribution in [2.24, 2.45) is 5.92 Å². The van der Waals surface area contributed by atoms with Gasteiger partial charge >= 0.3 is 0 Å². The minimum absolute atomic E-state index is 0.720. The molecule has 0 aliphatic rings. The molecule has 0 radical (unpaired) electrons. The van der Waals surface area contributed by atoms with Gasteiger partial charge < -0.3 is 0 Å².